The van der Waals surface area contributed by atoms with Gasteiger partial charge in [-0.1, -0.05) is 32.9 Å². The smallest absolute Gasteiger partial charge is 0.0970 e. The summed E-state index contributed by atoms with van der Waals surface area (Å²) >= 11 is 0. The van der Waals surface area contributed by atoms with E-state index < -0.39 is 0 Å². The molecule has 2 aliphatic rings. The van der Waals surface area contributed by atoms with Crippen molar-refractivity contribution >= 4 is 0 Å². The van der Waals surface area contributed by atoms with E-state index in [0.717, 1.165) is 5.92 Å². The fourth-order valence-electron chi connectivity index (χ4n) is 4.39. The third-order valence-electron chi connectivity index (χ3n) is 5.33. The van der Waals surface area contributed by atoms with E-state index >= 15 is 0 Å². The molecule has 1 heteroatoms. The van der Waals surface area contributed by atoms with Crippen molar-refractivity contribution in [2.45, 2.75) is 45.6 Å². The van der Waals surface area contributed by atoms with Crippen molar-refractivity contribution < 1.29 is 4.74 Å². The Labute approximate surface area is 99.6 Å². The Hall–Kier alpha value is -0.560. The number of hydrogen-bond acceptors (Lipinski definition) is 1. The van der Waals surface area contributed by atoms with Gasteiger partial charge in [-0.15, -0.1) is 13.2 Å². The zero-order valence-electron chi connectivity index (χ0n) is 10.9. The molecule has 2 aliphatic carbocycles. The van der Waals surface area contributed by atoms with Gasteiger partial charge in [-0.2, -0.15) is 0 Å². The molecule has 0 aromatic heterocycles. The lowest BCUT2D eigenvalue weighted by Gasteiger charge is -2.52. The number of fused-ring (bicyclic) bond motifs is 2. The van der Waals surface area contributed by atoms with Crippen LogP contribution in [-0.4, -0.2) is 12.2 Å². The first-order valence-electron chi connectivity index (χ1n) is 6.32. The van der Waals surface area contributed by atoms with Crippen LogP contribution in [0.1, 0.15) is 40.0 Å². The van der Waals surface area contributed by atoms with E-state index in [-0.39, 0.29) is 16.4 Å². The molecular weight excluding hydrogens is 196 g/mol. The molecule has 0 spiro atoms. The molecule has 2 rings (SSSR count). The third-order valence-corrected chi connectivity index (χ3v) is 5.33. The maximum absolute atomic E-state index is 6.20. The highest BCUT2D eigenvalue weighted by atomic mass is 16.5. The molecular formula is C15H24O. The normalized spacial score (nSPS) is 44.6. The summed E-state index contributed by atoms with van der Waals surface area (Å²) in [5.41, 5.74) is 0.299. The quantitative estimate of drug-likeness (QED) is 0.652. The fourth-order valence-corrected chi connectivity index (χ4v) is 4.39. The summed E-state index contributed by atoms with van der Waals surface area (Å²) < 4.78 is 6.20. The molecule has 1 nitrogen and oxygen atoms in total. The first kappa shape index (κ1) is 11.9. The Kier molecular flexibility index (Phi) is 2.58. The van der Waals surface area contributed by atoms with Gasteiger partial charge in [0.05, 0.1) is 12.2 Å². The van der Waals surface area contributed by atoms with Gasteiger partial charge in [0.1, 0.15) is 0 Å². The van der Waals surface area contributed by atoms with Gasteiger partial charge in [-0.05, 0) is 25.2 Å². The summed E-state index contributed by atoms with van der Waals surface area (Å²) in [5.74, 6) is 0.778. The molecule has 0 aromatic carbocycles. The van der Waals surface area contributed by atoms with E-state index in [9.17, 15) is 0 Å². The standard InChI is InChI=1S/C15H24O/c1-6-10-16-15(7-2)13(3,4)12-8-9-14(15,5)11-12/h6-7,12H,1-2,8-11H2,3-5H3/t12-,14+,15-/m0/s1. The topological polar surface area (TPSA) is 9.23 Å². The molecule has 0 unspecified atom stereocenters. The SMILES string of the molecule is C=CCO[C@@]1(C=C)C(C)(C)[C@H]2CC[C@]1(C)C2. The van der Waals surface area contributed by atoms with Gasteiger partial charge in [0.2, 0.25) is 0 Å². The fraction of sp³-hybridized carbons (Fsp3) is 0.733. The number of rotatable bonds is 4. The summed E-state index contributed by atoms with van der Waals surface area (Å²) in [5, 5.41) is 0. The van der Waals surface area contributed by atoms with Crippen LogP contribution in [0.5, 0.6) is 0 Å². The largest absolute Gasteiger partial charge is 0.366 e. The molecule has 0 heterocycles. The van der Waals surface area contributed by atoms with Crippen molar-refractivity contribution in [2.75, 3.05) is 6.61 Å². The van der Waals surface area contributed by atoms with Gasteiger partial charge in [0, 0.05) is 10.8 Å². The molecule has 0 amide bonds. The average molecular weight is 220 g/mol. The summed E-state index contributed by atoms with van der Waals surface area (Å²) in [4.78, 5) is 0. The minimum atomic E-state index is -0.170. The van der Waals surface area contributed by atoms with E-state index in [1.165, 1.54) is 19.3 Å². The van der Waals surface area contributed by atoms with Gasteiger partial charge in [-0.25, -0.2) is 0 Å². The summed E-state index contributed by atoms with van der Waals surface area (Å²) in [7, 11) is 0. The van der Waals surface area contributed by atoms with Crippen LogP contribution >= 0.6 is 0 Å². The van der Waals surface area contributed by atoms with Crippen molar-refractivity contribution in [3.05, 3.63) is 25.3 Å². The Morgan fingerprint density at radius 1 is 1.31 bits per heavy atom. The van der Waals surface area contributed by atoms with Gasteiger partial charge >= 0.3 is 0 Å². The van der Waals surface area contributed by atoms with Crippen molar-refractivity contribution in [3.63, 3.8) is 0 Å². The average Bonchev–Trinajstić information content (AvgIpc) is 2.69. The second-order valence-corrected chi connectivity index (χ2v) is 6.26. The van der Waals surface area contributed by atoms with Crippen molar-refractivity contribution in [2.24, 2.45) is 16.7 Å². The third kappa shape index (κ3) is 1.15. The van der Waals surface area contributed by atoms with E-state index in [2.05, 4.69) is 40.0 Å². The summed E-state index contributed by atoms with van der Waals surface area (Å²) in [6.07, 6.45) is 7.80. The Morgan fingerprint density at radius 2 is 2.00 bits per heavy atom. The highest BCUT2D eigenvalue weighted by Gasteiger charge is 2.68. The van der Waals surface area contributed by atoms with E-state index in [4.69, 9.17) is 4.74 Å². The second-order valence-electron chi connectivity index (χ2n) is 6.26. The van der Waals surface area contributed by atoms with Gasteiger partial charge in [-0.3, -0.25) is 0 Å². The minimum Gasteiger partial charge on any atom is -0.366 e. The second kappa shape index (κ2) is 3.46. The zero-order chi connectivity index (χ0) is 12.0. The minimum absolute atomic E-state index is 0.170. The monoisotopic (exact) mass is 220 g/mol. The molecule has 0 N–H and O–H groups in total. The van der Waals surface area contributed by atoms with Crippen LogP contribution in [0.3, 0.4) is 0 Å². The van der Waals surface area contributed by atoms with Crippen LogP contribution in [0, 0.1) is 16.7 Å². The molecule has 3 atom stereocenters. The van der Waals surface area contributed by atoms with Crippen LogP contribution < -0.4 is 0 Å². The van der Waals surface area contributed by atoms with Crippen LogP contribution in [0.25, 0.3) is 0 Å². The van der Waals surface area contributed by atoms with Crippen molar-refractivity contribution in [1.29, 1.82) is 0 Å². The summed E-state index contributed by atoms with van der Waals surface area (Å²) in [6, 6.07) is 0. The molecule has 0 aromatic rings. The first-order chi connectivity index (χ1) is 7.43. The maximum atomic E-state index is 6.20. The number of ether oxygens (including phenoxy) is 1. The maximum Gasteiger partial charge on any atom is 0.0970 e. The zero-order valence-corrected chi connectivity index (χ0v) is 10.9. The predicted molar refractivity (Wildman–Crippen MR) is 68.3 cm³/mol. The van der Waals surface area contributed by atoms with Gasteiger partial charge in [0.25, 0.3) is 0 Å². The Morgan fingerprint density at radius 3 is 2.44 bits per heavy atom. The Balaban J connectivity index is 2.41. The lowest BCUT2D eigenvalue weighted by Crippen LogP contribution is -2.54. The van der Waals surface area contributed by atoms with Crippen LogP contribution in [0.2, 0.25) is 0 Å². The predicted octanol–water partition coefficient (Wildman–Crippen LogP) is 3.96. The Bertz CT molecular complexity index is 311. The summed E-state index contributed by atoms with van der Waals surface area (Å²) in [6.45, 7) is 15.5. The lowest BCUT2D eigenvalue weighted by atomic mass is 9.60. The van der Waals surface area contributed by atoms with Crippen molar-refractivity contribution in [3.8, 4) is 0 Å². The van der Waals surface area contributed by atoms with E-state index in [1.54, 1.807) is 0 Å². The molecule has 0 radical (unpaired) electrons. The van der Waals surface area contributed by atoms with Crippen molar-refractivity contribution in [1.82, 2.24) is 0 Å². The molecule has 2 bridgehead atoms. The van der Waals surface area contributed by atoms with Gasteiger partial charge in [0.15, 0.2) is 0 Å². The van der Waals surface area contributed by atoms with Gasteiger partial charge < -0.3 is 4.74 Å². The lowest BCUT2D eigenvalue weighted by molar-refractivity contribution is -0.142. The van der Waals surface area contributed by atoms with Crippen LogP contribution in [-0.2, 0) is 4.74 Å². The first-order valence-corrected chi connectivity index (χ1v) is 6.32. The van der Waals surface area contributed by atoms with Crippen LogP contribution in [0.4, 0.5) is 0 Å². The number of hydrogen-bond donors (Lipinski definition) is 0. The highest BCUT2D eigenvalue weighted by Crippen LogP contribution is 2.69. The molecule has 2 saturated carbocycles. The van der Waals surface area contributed by atoms with E-state index in [1.807, 2.05) is 6.08 Å². The molecule has 90 valence electrons. The highest BCUT2D eigenvalue weighted by molar-refractivity contribution is 5.25. The van der Waals surface area contributed by atoms with E-state index in [0.29, 0.717) is 6.61 Å². The molecule has 0 aliphatic heterocycles. The van der Waals surface area contributed by atoms with Crippen LogP contribution in [0.15, 0.2) is 25.3 Å². The molecule has 2 fully saturated rings. The molecule has 0 saturated heterocycles. The molecule has 16 heavy (non-hydrogen) atoms.